The number of nitrogens with zero attached hydrogens (tertiary/aromatic N) is 1. The van der Waals surface area contributed by atoms with E-state index < -0.39 is 5.54 Å². The summed E-state index contributed by atoms with van der Waals surface area (Å²) in [6.07, 6.45) is 4.70. The second-order valence-electron chi connectivity index (χ2n) is 8.71. The average molecular weight is 449 g/mol. The van der Waals surface area contributed by atoms with Crippen molar-refractivity contribution in [3.63, 3.8) is 0 Å². The number of piperidine rings is 1. The molecule has 2 heterocycles. The maximum absolute atomic E-state index is 14.5. The Morgan fingerprint density at radius 3 is 2.81 bits per heavy atom. The molecule has 0 unspecified atom stereocenters. The maximum Gasteiger partial charge on any atom is 0.307 e. The van der Waals surface area contributed by atoms with Crippen LogP contribution in [0.4, 0.5) is 4.39 Å². The number of nitrogens with one attached hydrogen (secondary N) is 1. The van der Waals surface area contributed by atoms with Gasteiger partial charge in [-0.2, -0.15) is 0 Å². The molecule has 0 radical (unpaired) electrons. The average Bonchev–Trinajstić information content (AvgIpc) is 3.14. The van der Waals surface area contributed by atoms with E-state index >= 15 is 0 Å². The van der Waals surface area contributed by atoms with E-state index in [2.05, 4.69) is 5.32 Å². The number of halogens is 1. The smallest absolute Gasteiger partial charge is 0.307 e. The Bertz CT molecular complexity index is 846. The van der Waals surface area contributed by atoms with Gasteiger partial charge in [0.25, 0.3) is 0 Å². The molecule has 0 bridgehead atoms. The Balaban J connectivity index is 1.69. The lowest BCUT2D eigenvalue weighted by atomic mass is 9.84. The van der Waals surface area contributed by atoms with Crippen LogP contribution in [0.15, 0.2) is 18.2 Å². The minimum absolute atomic E-state index is 0.0364. The molecule has 0 saturated carbocycles. The van der Waals surface area contributed by atoms with Gasteiger partial charge in [-0.15, -0.1) is 0 Å². The highest BCUT2D eigenvalue weighted by molar-refractivity contribution is 5.81. The number of esters is 1. The standard InChI is InChI=1S/C24H33FN2O5/c1-3-32-23(30)15-18-6-4-5-13-27(18)22(29)10-12-24(11-9-21(28)26-24)16-17-14-19(31-2)7-8-20(17)25/h7-8,14,18H,3-6,9-13,15-16H2,1-2H3,(H,26,28)/t18-,24+/m0/s1. The third-order valence-corrected chi connectivity index (χ3v) is 6.49. The predicted octanol–water partition coefficient (Wildman–Crippen LogP) is 3.14. The van der Waals surface area contributed by atoms with Gasteiger partial charge in [0.2, 0.25) is 11.8 Å². The zero-order valence-electron chi connectivity index (χ0n) is 19.0. The number of rotatable bonds is 9. The second-order valence-corrected chi connectivity index (χ2v) is 8.71. The van der Waals surface area contributed by atoms with Crippen LogP contribution in [0.25, 0.3) is 0 Å². The van der Waals surface area contributed by atoms with Gasteiger partial charge in [0, 0.05) is 31.0 Å². The number of hydrogen-bond acceptors (Lipinski definition) is 5. The first-order valence-electron chi connectivity index (χ1n) is 11.4. The summed E-state index contributed by atoms with van der Waals surface area (Å²) in [7, 11) is 1.52. The molecule has 2 amide bonds. The lowest BCUT2D eigenvalue weighted by molar-refractivity contribution is -0.146. The molecule has 2 aliphatic heterocycles. The Morgan fingerprint density at radius 1 is 1.31 bits per heavy atom. The van der Waals surface area contributed by atoms with Crippen molar-refractivity contribution in [1.82, 2.24) is 10.2 Å². The third-order valence-electron chi connectivity index (χ3n) is 6.49. The van der Waals surface area contributed by atoms with Crippen molar-refractivity contribution in [3.05, 3.63) is 29.6 Å². The molecule has 2 atom stereocenters. The minimum Gasteiger partial charge on any atom is -0.497 e. The van der Waals surface area contributed by atoms with Crippen LogP contribution >= 0.6 is 0 Å². The first-order valence-corrected chi connectivity index (χ1v) is 11.4. The number of hydrogen-bond donors (Lipinski definition) is 1. The Hall–Kier alpha value is -2.64. The van der Waals surface area contributed by atoms with Crippen molar-refractivity contribution >= 4 is 17.8 Å². The van der Waals surface area contributed by atoms with Crippen LogP contribution in [0.1, 0.15) is 63.9 Å². The number of ether oxygens (including phenoxy) is 2. The number of amides is 2. The Labute approximate surface area is 188 Å². The van der Waals surface area contributed by atoms with E-state index in [1.807, 2.05) is 0 Å². The highest BCUT2D eigenvalue weighted by atomic mass is 19.1. The summed E-state index contributed by atoms with van der Waals surface area (Å²) >= 11 is 0. The molecule has 2 fully saturated rings. The molecule has 2 aliphatic rings. The molecular weight excluding hydrogens is 415 g/mol. The fourth-order valence-corrected chi connectivity index (χ4v) is 4.80. The maximum atomic E-state index is 14.5. The van der Waals surface area contributed by atoms with E-state index in [1.165, 1.54) is 13.2 Å². The van der Waals surface area contributed by atoms with E-state index in [4.69, 9.17) is 9.47 Å². The molecule has 0 spiro atoms. The Morgan fingerprint density at radius 2 is 2.12 bits per heavy atom. The molecular formula is C24H33FN2O5. The van der Waals surface area contributed by atoms with Crippen molar-refractivity contribution in [2.45, 2.75) is 76.3 Å². The van der Waals surface area contributed by atoms with E-state index in [9.17, 15) is 18.8 Å². The molecule has 2 saturated heterocycles. The normalized spacial score (nSPS) is 23.0. The summed E-state index contributed by atoms with van der Waals surface area (Å²) in [5, 5.41) is 3.01. The predicted molar refractivity (Wildman–Crippen MR) is 117 cm³/mol. The zero-order chi connectivity index (χ0) is 23.1. The van der Waals surface area contributed by atoms with E-state index in [1.54, 1.807) is 24.0 Å². The summed E-state index contributed by atoms with van der Waals surface area (Å²) in [4.78, 5) is 38.9. The zero-order valence-corrected chi connectivity index (χ0v) is 19.0. The minimum atomic E-state index is -0.674. The van der Waals surface area contributed by atoms with Gasteiger partial charge in [0.15, 0.2) is 0 Å². The summed E-state index contributed by atoms with van der Waals surface area (Å²) in [5.74, 6) is -0.218. The SMILES string of the molecule is CCOC(=O)C[C@@H]1CCCCN1C(=O)CC[C@@]1(Cc2cc(OC)ccc2F)CCC(=O)N1. The van der Waals surface area contributed by atoms with Gasteiger partial charge in [0.05, 0.1) is 20.1 Å². The van der Waals surface area contributed by atoms with Crippen molar-refractivity contribution in [1.29, 1.82) is 0 Å². The monoisotopic (exact) mass is 448 g/mol. The van der Waals surface area contributed by atoms with Crippen molar-refractivity contribution < 1.29 is 28.2 Å². The molecule has 8 heteroatoms. The number of carbonyl (C=O) groups excluding carboxylic acids is 3. The Kier molecular flexibility index (Phi) is 8.10. The lowest BCUT2D eigenvalue weighted by Gasteiger charge is -2.36. The number of methoxy groups -OCH3 is 1. The largest absolute Gasteiger partial charge is 0.497 e. The van der Waals surface area contributed by atoms with Crippen molar-refractivity contribution in [2.24, 2.45) is 0 Å². The molecule has 0 aliphatic carbocycles. The summed E-state index contributed by atoms with van der Waals surface area (Å²) in [6, 6.07) is 4.41. The number of likely N-dealkylation sites (tertiary alicyclic amines) is 1. The number of carbonyl (C=O) groups is 3. The highest BCUT2D eigenvalue weighted by Crippen LogP contribution is 2.32. The van der Waals surface area contributed by atoms with Gasteiger partial charge < -0.3 is 19.7 Å². The first-order chi connectivity index (χ1) is 15.4. The first kappa shape index (κ1) is 24.0. The second kappa shape index (κ2) is 10.8. The molecule has 7 nitrogen and oxygen atoms in total. The molecule has 32 heavy (non-hydrogen) atoms. The van der Waals surface area contributed by atoms with Crippen molar-refractivity contribution in [3.8, 4) is 5.75 Å². The molecule has 1 N–H and O–H groups in total. The summed E-state index contributed by atoms with van der Waals surface area (Å²) < 4.78 is 24.7. The van der Waals surface area contributed by atoms with Gasteiger partial charge >= 0.3 is 5.97 Å². The van der Waals surface area contributed by atoms with Crippen LogP contribution < -0.4 is 10.1 Å². The van der Waals surface area contributed by atoms with Crippen LogP contribution in [0.3, 0.4) is 0 Å². The fraction of sp³-hybridized carbons (Fsp3) is 0.625. The van der Waals surface area contributed by atoms with Gasteiger partial charge in [-0.1, -0.05) is 0 Å². The van der Waals surface area contributed by atoms with E-state index in [0.29, 0.717) is 50.1 Å². The summed E-state index contributed by atoms with van der Waals surface area (Å²) in [5.41, 5.74) is -0.219. The molecule has 1 aromatic rings. The molecule has 1 aromatic carbocycles. The lowest BCUT2D eigenvalue weighted by Crippen LogP contribution is -2.48. The van der Waals surface area contributed by atoms with E-state index in [0.717, 1.165) is 19.3 Å². The highest BCUT2D eigenvalue weighted by Gasteiger charge is 2.39. The van der Waals surface area contributed by atoms with Crippen molar-refractivity contribution in [2.75, 3.05) is 20.3 Å². The van der Waals surface area contributed by atoms with Crippen LogP contribution in [0.2, 0.25) is 0 Å². The fourth-order valence-electron chi connectivity index (χ4n) is 4.80. The van der Waals surface area contributed by atoms with Crippen LogP contribution in [-0.4, -0.2) is 54.5 Å². The third kappa shape index (κ3) is 5.99. The van der Waals surface area contributed by atoms with Crippen LogP contribution in [0, 0.1) is 5.82 Å². The van der Waals surface area contributed by atoms with Gasteiger partial charge in [-0.05, 0) is 69.2 Å². The topological polar surface area (TPSA) is 84.9 Å². The van der Waals surface area contributed by atoms with Gasteiger partial charge in [-0.25, -0.2) is 4.39 Å². The van der Waals surface area contributed by atoms with E-state index in [-0.39, 0.29) is 42.5 Å². The quantitative estimate of drug-likeness (QED) is 0.587. The molecule has 0 aromatic heterocycles. The van der Waals surface area contributed by atoms with Crippen LogP contribution in [-0.2, 0) is 25.5 Å². The van der Waals surface area contributed by atoms with Crippen LogP contribution in [0.5, 0.6) is 5.75 Å². The van der Waals surface area contributed by atoms with Gasteiger partial charge in [0.1, 0.15) is 11.6 Å². The molecule has 3 rings (SSSR count). The number of benzene rings is 1. The van der Waals surface area contributed by atoms with Gasteiger partial charge in [-0.3, -0.25) is 14.4 Å². The summed E-state index contributed by atoms with van der Waals surface area (Å²) in [6.45, 7) is 2.71. The molecule has 176 valence electrons.